The van der Waals surface area contributed by atoms with Crippen LogP contribution in [0.15, 0.2) is 76.8 Å². The standard InChI is InChI=1S/C22H20FN5O3S/c23-16-6-8-17(9-7-16)28-11-10-19-20(28)24-22(26-27-12-14-31-15-13-27)25-21(19)32(29,30)18-4-2-1-3-5-18/h1-11H,12-15H2,(H,24,25,26). The summed E-state index contributed by atoms with van der Waals surface area (Å²) in [6, 6.07) is 15.7. The zero-order chi connectivity index (χ0) is 22.1. The summed E-state index contributed by atoms with van der Waals surface area (Å²) in [5, 5.41) is 2.17. The first-order valence-corrected chi connectivity index (χ1v) is 11.6. The normalized spacial score (nSPS) is 15.2. The van der Waals surface area contributed by atoms with E-state index in [2.05, 4.69) is 15.4 Å². The van der Waals surface area contributed by atoms with E-state index < -0.39 is 9.84 Å². The lowest BCUT2D eigenvalue weighted by atomic mass is 10.3. The molecule has 32 heavy (non-hydrogen) atoms. The van der Waals surface area contributed by atoms with E-state index in [0.29, 0.717) is 43.0 Å². The second kappa shape index (κ2) is 8.30. The number of benzene rings is 2. The number of nitrogens with one attached hydrogen (secondary N) is 1. The Bertz CT molecular complexity index is 1350. The van der Waals surface area contributed by atoms with Crippen molar-refractivity contribution in [2.75, 3.05) is 31.7 Å². The van der Waals surface area contributed by atoms with Crippen molar-refractivity contribution < 1.29 is 17.5 Å². The summed E-state index contributed by atoms with van der Waals surface area (Å²) >= 11 is 0. The number of ether oxygens (including phenoxy) is 1. The average molecular weight is 453 g/mol. The number of hydrazine groups is 1. The van der Waals surface area contributed by atoms with Gasteiger partial charge in [0.1, 0.15) is 5.82 Å². The van der Waals surface area contributed by atoms with Crippen molar-refractivity contribution in [3.8, 4) is 5.69 Å². The van der Waals surface area contributed by atoms with Gasteiger partial charge in [0.2, 0.25) is 15.8 Å². The van der Waals surface area contributed by atoms with Crippen molar-refractivity contribution in [3.05, 3.63) is 72.7 Å². The predicted octanol–water partition coefficient (Wildman–Crippen LogP) is 3.05. The molecule has 0 spiro atoms. The number of sulfone groups is 1. The SMILES string of the molecule is O=S(=O)(c1ccccc1)c1nc(NN2CCOCC2)nc2c1ccn2-c1ccc(F)cc1. The summed E-state index contributed by atoms with van der Waals surface area (Å²) in [5.41, 5.74) is 4.16. The highest BCUT2D eigenvalue weighted by Gasteiger charge is 2.26. The number of aromatic nitrogens is 3. The maximum absolute atomic E-state index is 13.5. The number of hydrogen-bond donors (Lipinski definition) is 1. The highest BCUT2D eigenvalue weighted by Crippen LogP contribution is 2.29. The van der Waals surface area contributed by atoms with Crippen molar-refractivity contribution in [1.82, 2.24) is 19.5 Å². The molecule has 0 saturated carbocycles. The van der Waals surface area contributed by atoms with Crippen LogP contribution in [-0.2, 0) is 14.6 Å². The third-order valence-electron chi connectivity index (χ3n) is 5.19. The number of halogens is 1. The third kappa shape index (κ3) is 3.83. The molecule has 1 N–H and O–H groups in total. The van der Waals surface area contributed by atoms with Crippen LogP contribution in [0.4, 0.5) is 10.3 Å². The van der Waals surface area contributed by atoms with Crippen LogP contribution in [-0.4, -0.2) is 54.3 Å². The lowest BCUT2D eigenvalue weighted by molar-refractivity contribution is 0.0492. The molecule has 0 bridgehead atoms. The van der Waals surface area contributed by atoms with Gasteiger partial charge < -0.3 is 9.30 Å². The number of anilines is 1. The highest BCUT2D eigenvalue weighted by molar-refractivity contribution is 7.91. The molecule has 2 aromatic carbocycles. The number of morpholine rings is 1. The lowest BCUT2D eigenvalue weighted by Gasteiger charge is -2.27. The van der Waals surface area contributed by atoms with Crippen molar-refractivity contribution in [3.63, 3.8) is 0 Å². The maximum atomic E-state index is 13.5. The van der Waals surface area contributed by atoms with E-state index in [4.69, 9.17) is 4.74 Å². The largest absolute Gasteiger partial charge is 0.379 e. The van der Waals surface area contributed by atoms with Crippen molar-refractivity contribution in [2.45, 2.75) is 9.92 Å². The van der Waals surface area contributed by atoms with E-state index >= 15 is 0 Å². The zero-order valence-corrected chi connectivity index (χ0v) is 17.8. The molecule has 0 aliphatic carbocycles. The van der Waals surface area contributed by atoms with E-state index in [-0.39, 0.29) is 21.7 Å². The van der Waals surface area contributed by atoms with Gasteiger partial charge in [-0.1, -0.05) is 18.2 Å². The highest BCUT2D eigenvalue weighted by atomic mass is 32.2. The van der Waals surface area contributed by atoms with Crippen LogP contribution >= 0.6 is 0 Å². The Morgan fingerprint density at radius 3 is 2.38 bits per heavy atom. The summed E-state index contributed by atoms with van der Waals surface area (Å²) < 4.78 is 47.5. The molecule has 1 fully saturated rings. The van der Waals surface area contributed by atoms with E-state index in [1.54, 1.807) is 47.2 Å². The molecule has 4 aromatic rings. The minimum absolute atomic E-state index is 0.0923. The van der Waals surface area contributed by atoms with Crippen LogP contribution in [0.2, 0.25) is 0 Å². The Balaban J connectivity index is 1.68. The second-order valence-electron chi connectivity index (χ2n) is 7.28. The average Bonchev–Trinajstić information content (AvgIpc) is 3.24. The Morgan fingerprint density at radius 2 is 1.66 bits per heavy atom. The van der Waals surface area contributed by atoms with Crippen LogP contribution in [0.3, 0.4) is 0 Å². The zero-order valence-electron chi connectivity index (χ0n) is 17.0. The fourth-order valence-electron chi connectivity index (χ4n) is 3.58. The number of fused-ring (bicyclic) bond motifs is 1. The van der Waals surface area contributed by atoms with E-state index in [0.717, 1.165) is 0 Å². The van der Waals surface area contributed by atoms with Crippen LogP contribution in [0, 0.1) is 5.82 Å². The molecule has 5 rings (SSSR count). The molecule has 1 aliphatic heterocycles. The fourth-order valence-corrected chi connectivity index (χ4v) is 4.97. The molecule has 0 amide bonds. The molecule has 0 unspecified atom stereocenters. The van der Waals surface area contributed by atoms with Crippen LogP contribution < -0.4 is 5.43 Å². The third-order valence-corrected chi connectivity index (χ3v) is 6.90. The molecule has 164 valence electrons. The summed E-state index contributed by atoms with van der Waals surface area (Å²) in [6.45, 7) is 2.33. The summed E-state index contributed by atoms with van der Waals surface area (Å²) in [7, 11) is -3.91. The monoisotopic (exact) mass is 453 g/mol. The van der Waals surface area contributed by atoms with Gasteiger partial charge in [0.15, 0.2) is 10.7 Å². The minimum Gasteiger partial charge on any atom is -0.379 e. The van der Waals surface area contributed by atoms with Crippen LogP contribution in [0.25, 0.3) is 16.7 Å². The van der Waals surface area contributed by atoms with Crippen molar-refractivity contribution >= 4 is 26.8 Å². The van der Waals surface area contributed by atoms with Crippen molar-refractivity contribution in [1.29, 1.82) is 0 Å². The van der Waals surface area contributed by atoms with Gasteiger partial charge in [0, 0.05) is 25.0 Å². The molecule has 8 nitrogen and oxygen atoms in total. The molecule has 3 heterocycles. The molecule has 1 saturated heterocycles. The van der Waals surface area contributed by atoms with Gasteiger partial charge in [0.25, 0.3) is 0 Å². The number of nitrogens with zero attached hydrogens (tertiary/aromatic N) is 4. The summed E-state index contributed by atoms with van der Waals surface area (Å²) in [4.78, 5) is 9.14. The molecular formula is C22H20FN5O3S. The quantitative estimate of drug-likeness (QED) is 0.465. The van der Waals surface area contributed by atoms with Gasteiger partial charge in [-0.15, -0.1) is 0 Å². The molecule has 2 aromatic heterocycles. The van der Waals surface area contributed by atoms with Gasteiger partial charge in [0.05, 0.1) is 23.5 Å². The van der Waals surface area contributed by atoms with E-state index in [1.165, 1.54) is 24.3 Å². The first kappa shape index (κ1) is 20.6. The van der Waals surface area contributed by atoms with Crippen molar-refractivity contribution in [2.24, 2.45) is 0 Å². The number of rotatable bonds is 5. The molecule has 1 aliphatic rings. The van der Waals surface area contributed by atoms with Crippen LogP contribution in [0.1, 0.15) is 0 Å². The van der Waals surface area contributed by atoms with Crippen LogP contribution in [0.5, 0.6) is 0 Å². The topological polar surface area (TPSA) is 89.3 Å². The first-order valence-electron chi connectivity index (χ1n) is 10.1. The molecule has 10 heteroatoms. The number of hydrogen-bond acceptors (Lipinski definition) is 7. The van der Waals surface area contributed by atoms with Gasteiger partial charge in [-0.05, 0) is 42.5 Å². The smallest absolute Gasteiger partial charge is 0.240 e. The second-order valence-corrected chi connectivity index (χ2v) is 9.14. The molecule has 0 radical (unpaired) electrons. The summed E-state index contributed by atoms with van der Waals surface area (Å²) in [5.74, 6) is -0.196. The predicted molar refractivity (Wildman–Crippen MR) is 117 cm³/mol. The van der Waals surface area contributed by atoms with Gasteiger partial charge in [-0.25, -0.2) is 17.8 Å². The first-order chi connectivity index (χ1) is 15.5. The Hall–Kier alpha value is -3.34. The van der Waals surface area contributed by atoms with Gasteiger partial charge in [-0.2, -0.15) is 9.97 Å². The Morgan fingerprint density at radius 1 is 0.938 bits per heavy atom. The van der Waals surface area contributed by atoms with E-state index in [9.17, 15) is 12.8 Å². The lowest BCUT2D eigenvalue weighted by Crippen LogP contribution is -2.40. The fraction of sp³-hybridized carbons (Fsp3) is 0.182. The molecule has 0 atom stereocenters. The molecular weight excluding hydrogens is 433 g/mol. The van der Waals surface area contributed by atoms with Gasteiger partial charge >= 0.3 is 0 Å². The maximum Gasteiger partial charge on any atom is 0.240 e. The summed E-state index contributed by atoms with van der Waals surface area (Å²) in [6.07, 6.45) is 1.70. The Kier molecular flexibility index (Phi) is 5.33. The Labute approximate surface area is 184 Å². The van der Waals surface area contributed by atoms with E-state index in [1.807, 2.05) is 5.01 Å². The minimum atomic E-state index is -3.91. The van der Waals surface area contributed by atoms with Gasteiger partial charge in [-0.3, -0.25) is 5.43 Å².